The minimum absolute atomic E-state index is 0.0580. The van der Waals surface area contributed by atoms with Gasteiger partial charge in [0.1, 0.15) is 6.61 Å². The van der Waals surface area contributed by atoms with Gasteiger partial charge in [-0.25, -0.2) is 4.57 Å². The summed E-state index contributed by atoms with van der Waals surface area (Å²) in [6, 6.07) is 0. The average Bonchev–Trinajstić information content (AvgIpc) is 3.11. The van der Waals surface area contributed by atoms with Crippen LogP contribution in [0.5, 0.6) is 0 Å². The quantitative estimate of drug-likeness (QED) is 0.0356. The van der Waals surface area contributed by atoms with E-state index in [0.717, 1.165) is 32.1 Å². The molecule has 10 heteroatoms. The van der Waals surface area contributed by atoms with Crippen LogP contribution < -0.4 is 5.73 Å². The van der Waals surface area contributed by atoms with Gasteiger partial charge in [0.2, 0.25) is 0 Å². The number of unbranched alkanes of at least 4 members (excludes halogenated alkanes) is 28. The lowest BCUT2D eigenvalue weighted by molar-refractivity contribution is -0.161. The van der Waals surface area contributed by atoms with Crippen LogP contribution in [0.15, 0.2) is 0 Å². The summed E-state index contributed by atoms with van der Waals surface area (Å²) >= 11 is 0. The third-order valence-corrected chi connectivity index (χ3v) is 10.5. The molecule has 0 aliphatic carbocycles. The molecule has 0 aliphatic heterocycles. The lowest BCUT2D eigenvalue weighted by atomic mass is 10.0. The summed E-state index contributed by atoms with van der Waals surface area (Å²) in [6.45, 7) is 3.77. The van der Waals surface area contributed by atoms with Crippen molar-refractivity contribution in [2.75, 3.05) is 26.4 Å². The first-order chi connectivity index (χ1) is 24.8. The van der Waals surface area contributed by atoms with Crippen LogP contribution in [-0.2, 0) is 32.7 Å². The Hall–Kier alpha value is -0.990. The number of rotatable bonds is 41. The van der Waals surface area contributed by atoms with Gasteiger partial charge in [-0.15, -0.1) is 0 Å². The molecule has 51 heavy (non-hydrogen) atoms. The van der Waals surface area contributed by atoms with Gasteiger partial charge in [-0.2, -0.15) is 0 Å². The molecule has 0 fully saturated rings. The van der Waals surface area contributed by atoms with E-state index in [-0.39, 0.29) is 38.6 Å². The molecular formula is C41H82NO8P. The summed E-state index contributed by atoms with van der Waals surface area (Å²) < 4.78 is 32.8. The van der Waals surface area contributed by atoms with Gasteiger partial charge >= 0.3 is 19.8 Å². The molecule has 2 atom stereocenters. The van der Waals surface area contributed by atoms with Crippen LogP contribution in [0.3, 0.4) is 0 Å². The fraction of sp³-hybridized carbons (Fsp3) is 0.951. The summed E-state index contributed by atoms with van der Waals surface area (Å²) in [7, 11) is -4.37. The standard InChI is InChI=1S/C41H82NO8P/c1-3-5-7-9-11-13-15-17-19-21-23-25-27-29-31-33-40(43)47-37-39(38-49-51(45,46)48-36-35-42)50-41(44)34-32-30-28-26-24-22-20-18-16-14-12-10-8-6-4-2/h39H,3-38,42H2,1-2H3,(H,45,46)/t39-/m0/s1. The van der Waals surface area contributed by atoms with E-state index in [1.165, 1.54) is 154 Å². The topological polar surface area (TPSA) is 134 Å². The number of carbonyl (C=O) groups excluding carboxylic acids is 2. The Balaban J connectivity index is 4.11. The highest BCUT2D eigenvalue weighted by molar-refractivity contribution is 7.47. The minimum atomic E-state index is -4.37. The van der Waals surface area contributed by atoms with E-state index < -0.39 is 26.5 Å². The Bertz CT molecular complexity index is 815. The fourth-order valence-electron chi connectivity index (χ4n) is 6.28. The molecule has 0 heterocycles. The maximum Gasteiger partial charge on any atom is 0.472 e. The maximum atomic E-state index is 12.6. The van der Waals surface area contributed by atoms with Crippen molar-refractivity contribution in [1.29, 1.82) is 0 Å². The number of nitrogens with two attached hydrogens (primary N) is 1. The molecule has 0 saturated heterocycles. The van der Waals surface area contributed by atoms with Gasteiger partial charge in [-0.1, -0.05) is 194 Å². The molecule has 9 nitrogen and oxygen atoms in total. The highest BCUT2D eigenvalue weighted by atomic mass is 31.2. The van der Waals surface area contributed by atoms with Gasteiger partial charge in [-0.3, -0.25) is 18.6 Å². The minimum Gasteiger partial charge on any atom is -0.462 e. The molecule has 0 aromatic carbocycles. The second-order valence-electron chi connectivity index (χ2n) is 14.6. The molecule has 0 spiro atoms. The molecule has 304 valence electrons. The van der Waals surface area contributed by atoms with Crippen LogP contribution in [0.1, 0.15) is 219 Å². The number of carbonyl (C=O) groups is 2. The Morgan fingerprint density at radius 1 is 0.510 bits per heavy atom. The van der Waals surface area contributed by atoms with Gasteiger partial charge in [0.15, 0.2) is 6.10 Å². The van der Waals surface area contributed by atoms with Crippen molar-refractivity contribution in [2.24, 2.45) is 5.73 Å². The van der Waals surface area contributed by atoms with Crippen molar-refractivity contribution in [3.63, 3.8) is 0 Å². The monoisotopic (exact) mass is 748 g/mol. The van der Waals surface area contributed by atoms with E-state index in [9.17, 15) is 19.0 Å². The Morgan fingerprint density at radius 2 is 0.843 bits per heavy atom. The fourth-order valence-corrected chi connectivity index (χ4v) is 7.05. The molecule has 0 aliphatic rings. The van der Waals surface area contributed by atoms with Crippen LogP contribution in [0, 0.1) is 0 Å². The van der Waals surface area contributed by atoms with Crippen LogP contribution in [0.25, 0.3) is 0 Å². The van der Waals surface area contributed by atoms with Crippen molar-refractivity contribution in [3.8, 4) is 0 Å². The van der Waals surface area contributed by atoms with Gasteiger partial charge in [0.05, 0.1) is 13.2 Å². The zero-order chi connectivity index (χ0) is 37.5. The molecule has 0 aromatic rings. The summed E-state index contributed by atoms with van der Waals surface area (Å²) in [5.41, 5.74) is 5.34. The summed E-state index contributed by atoms with van der Waals surface area (Å²) in [6.07, 6.45) is 37.0. The number of ether oxygens (including phenoxy) is 2. The highest BCUT2D eigenvalue weighted by Crippen LogP contribution is 2.43. The average molecular weight is 748 g/mol. The second-order valence-corrected chi connectivity index (χ2v) is 16.0. The summed E-state index contributed by atoms with van der Waals surface area (Å²) in [4.78, 5) is 34.8. The predicted molar refractivity (Wildman–Crippen MR) is 211 cm³/mol. The first-order valence-electron chi connectivity index (χ1n) is 21.5. The van der Waals surface area contributed by atoms with Gasteiger partial charge in [0, 0.05) is 19.4 Å². The van der Waals surface area contributed by atoms with E-state index in [1.807, 2.05) is 0 Å². The molecule has 0 saturated carbocycles. The Labute approximate surface area is 314 Å². The van der Waals surface area contributed by atoms with Crippen molar-refractivity contribution < 1.29 is 37.6 Å². The van der Waals surface area contributed by atoms with E-state index >= 15 is 0 Å². The van der Waals surface area contributed by atoms with Gasteiger partial charge < -0.3 is 20.1 Å². The molecule has 0 radical (unpaired) electrons. The first-order valence-corrected chi connectivity index (χ1v) is 23.0. The van der Waals surface area contributed by atoms with Crippen LogP contribution in [-0.4, -0.2) is 49.3 Å². The van der Waals surface area contributed by atoms with Gasteiger partial charge in [-0.05, 0) is 12.8 Å². The number of hydrogen-bond donors (Lipinski definition) is 2. The van der Waals surface area contributed by atoms with Crippen LogP contribution in [0.4, 0.5) is 0 Å². The van der Waals surface area contributed by atoms with Crippen LogP contribution in [0.2, 0.25) is 0 Å². The Morgan fingerprint density at radius 3 is 1.20 bits per heavy atom. The number of phosphoric ester groups is 1. The van der Waals surface area contributed by atoms with Crippen molar-refractivity contribution in [3.05, 3.63) is 0 Å². The van der Waals surface area contributed by atoms with Gasteiger partial charge in [0.25, 0.3) is 0 Å². The van der Waals surface area contributed by atoms with E-state index in [1.54, 1.807) is 0 Å². The zero-order valence-corrected chi connectivity index (χ0v) is 34.3. The van der Waals surface area contributed by atoms with E-state index in [2.05, 4.69) is 13.8 Å². The SMILES string of the molecule is CCCCCCCCCCCCCCCCCC(=O)OC[C@@H](CO[P@@](=O)(O)OCCN)OC(=O)CCCCCCCCCCCCCCCCC. The Kier molecular flexibility index (Phi) is 38.0. The van der Waals surface area contributed by atoms with Crippen molar-refractivity contribution in [2.45, 2.75) is 225 Å². The predicted octanol–water partition coefficient (Wildman–Crippen LogP) is 12.1. The van der Waals surface area contributed by atoms with Crippen molar-refractivity contribution in [1.82, 2.24) is 0 Å². The third-order valence-electron chi connectivity index (χ3n) is 9.49. The van der Waals surface area contributed by atoms with Crippen molar-refractivity contribution >= 4 is 19.8 Å². The summed E-state index contributed by atoms with van der Waals surface area (Å²) in [5.74, 6) is -0.813. The maximum absolute atomic E-state index is 12.6. The number of phosphoric acid groups is 1. The third kappa shape index (κ3) is 38.5. The number of hydrogen-bond acceptors (Lipinski definition) is 8. The van der Waals surface area contributed by atoms with Crippen LogP contribution >= 0.6 is 7.82 Å². The molecule has 0 rings (SSSR count). The smallest absolute Gasteiger partial charge is 0.462 e. The largest absolute Gasteiger partial charge is 0.472 e. The molecule has 0 unspecified atom stereocenters. The van der Waals surface area contributed by atoms with E-state index in [4.69, 9.17) is 24.3 Å². The molecule has 0 aromatic heterocycles. The molecule has 3 N–H and O–H groups in total. The lowest BCUT2D eigenvalue weighted by Gasteiger charge is -2.19. The highest BCUT2D eigenvalue weighted by Gasteiger charge is 2.26. The molecule has 0 amide bonds. The van der Waals surface area contributed by atoms with E-state index in [0.29, 0.717) is 6.42 Å². The second kappa shape index (κ2) is 38.7. The summed E-state index contributed by atoms with van der Waals surface area (Å²) in [5, 5.41) is 0. The lowest BCUT2D eigenvalue weighted by Crippen LogP contribution is -2.29. The molecular weight excluding hydrogens is 665 g/mol. The molecule has 0 bridgehead atoms. The number of esters is 2. The first kappa shape index (κ1) is 50.0. The zero-order valence-electron chi connectivity index (χ0n) is 33.4. The normalized spacial score (nSPS) is 13.3.